The molecule has 0 spiro atoms. The monoisotopic (exact) mass is 493 g/mol. The van der Waals surface area contributed by atoms with E-state index in [0.29, 0.717) is 58.0 Å². The van der Waals surface area contributed by atoms with Gasteiger partial charge >= 0.3 is 0 Å². The number of aromatic nitrogens is 2. The summed E-state index contributed by atoms with van der Waals surface area (Å²) < 4.78 is 32.3. The Morgan fingerprint density at radius 3 is 2.20 bits per heavy atom. The van der Waals surface area contributed by atoms with Crippen molar-refractivity contribution in [1.29, 1.82) is 0 Å². The van der Waals surface area contributed by atoms with Crippen LogP contribution in [0.15, 0.2) is 71.9 Å². The summed E-state index contributed by atoms with van der Waals surface area (Å²) in [5.41, 5.74) is 2.37. The number of carbonyl (C=O) groups is 1. The van der Waals surface area contributed by atoms with E-state index in [2.05, 4.69) is 14.9 Å². The van der Waals surface area contributed by atoms with Gasteiger partial charge in [0.05, 0.1) is 23.8 Å². The van der Waals surface area contributed by atoms with Crippen molar-refractivity contribution in [3.05, 3.63) is 72.6 Å². The first kappa shape index (κ1) is 23.4. The fraction of sp³-hybridized carbons (Fsp3) is 0.320. The number of anilines is 1. The maximum absolute atomic E-state index is 13.1. The lowest BCUT2D eigenvalue weighted by Gasteiger charge is -2.35. The second-order valence-electron chi connectivity index (χ2n) is 8.45. The van der Waals surface area contributed by atoms with Gasteiger partial charge in [0.15, 0.2) is 0 Å². The summed E-state index contributed by atoms with van der Waals surface area (Å²) in [6.07, 6.45) is 1.57. The van der Waals surface area contributed by atoms with Gasteiger partial charge in [0.2, 0.25) is 10.0 Å². The molecule has 3 heterocycles. The van der Waals surface area contributed by atoms with Crippen LogP contribution in [0.1, 0.15) is 10.4 Å². The number of carbonyl (C=O) groups excluding carboxylic acids is 1. The number of rotatable bonds is 5. The van der Waals surface area contributed by atoms with Crippen LogP contribution in [0.25, 0.3) is 11.3 Å². The quantitative estimate of drug-likeness (QED) is 0.537. The van der Waals surface area contributed by atoms with Crippen LogP contribution in [0.3, 0.4) is 0 Å². The zero-order valence-corrected chi connectivity index (χ0v) is 20.1. The topological polar surface area (TPSA) is 95.9 Å². The number of benzene rings is 2. The van der Waals surface area contributed by atoms with Gasteiger partial charge in [0.25, 0.3) is 5.91 Å². The van der Waals surface area contributed by atoms with E-state index in [4.69, 9.17) is 4.74 Å². The average molecular weight is 494 g/mol. The van der Waals surface area contributed by atoms with Crippen LogP contribution in [0.4, 0.5) is 5.82 Å². The highest BCUT2D eigenvalue weighted by molar-refractivity contribution is 7.89. The molecule has 10 heteroatoms. The predicted octanol–water partition coefficient (Wildman–Crippen LogP) is 2.13. The molecule has 2 aromatic carbocycles. The van der Waals surface area contributed by atoms with E-state index in [1.807, 2.05) is 36.4 Å². The average Bonchev–Trinajstić information content (AvgIpc) is 2.94. The van der Waals surface area contributed by atoms with Crippen LogP contribution < -0.4 is 4.90 Å². The van der Waals surface area contributed by atoms with Crippen LogP contribution in [-0.2, 0) is 14.8 Å². The van der Waals surface area contributed by atoms with Crippen molar-refractivity contribution in [3.63, 3.8) is 0 Å². The zero-order chi connectivity index (χ0) is 24.3. The van der Waals surface area contributed by atoms with Crippen molar-refractivity contribution in [2.45, 2.75) is 4.90 Å². The number of ether oxygens (including phenoxy) is 1. The Kier molecular flexibility index (Phi) is 6.76. The number of hydrogen-bond acceptors (Lipinski definition) is 7. The second-order valence-corrected chi connectivity index (χ2v) is 10.4. The van der Waals surface area contributed by atoms with E-state index >= 15 is 0 Å². The van der Waals surface area contributed by atoms with Crippen molar-refractivity contribution in [1.82, 2.24) is 19.2 Å². The van der Waals surface area contributed by atoms with Gasteiger partial charge in [-0.05, 0) is 24.3 Å². The Hall–Kier alpha value is -3.34. The molecule has 2 aliphatic heterocycles. The molecule has 0 bridgehead atoms. The van der Waals surface area contributed by atoms with Crippen molar-refractivity contribution < 1.29 is 17.9 Å². The van der Waals surface area contributed by atoms with E-state index in [0.717, 1.165) is 17.1 Å². The summed E-state index contributed by atoms with van der Waals surface area (Å²) in [6.45, 7) is 3.88. The minimum atomic E-state index is -3.58. The third kappa shape index (κ3) is 5.04. The molecule has 0 N–H and O–H groups in total. The lowest BCUT2D eigenvalue weighted by Crippen LogP contribution is -2.49. The maximum atomic E-state index is 13.1. The van der Waals surface area contributed by atoms with Gasteiger partial charge in [-0.15, -0.1) is 0 Å². The van der Waals surface area contributed by atoms with E-state index in [-0.39, 0.29) is 10.8 Å². The first-order valence-electron chi connectivity index (χ1n) is 11.6. The third-order valence-electron chi connectivity index (χ3n) is 6.32. The standard InChI is InChI=1S/C25H27N5O4S/c31-25(21-6-8-22(9-7-21)35(32,33)30-14-16-34-17-15-30)29-12-10-28(11-13-29)24-18-23(26-19-27-24)20-4-2-1-3-5-20/h1-9,18-19H,10-17H2. The van der Waals surface area contributed by atoms with E-state index in [1.54, 1.807) is 23.4 Å². The van der Waals surface area contributed by atoms with Crippen molar-refractivity contribution in [2.24, 2.45) is 0 Å². The Bertz CT molecular complexity index is 1270. The fourth-order valence-corrected chi connectivity index (χ4v) is 5.72. The zero-order valence-electron chi connectivity index (χ0n) is 19.3. The third-order valence-corrected chi connectivity index (χ3v) is 8.24. The largest absolute Gasteiger partial charge is 0.379 e. The molecule has 0 aliphatic carbocycles. The van der Waals surface area contributed by atoms with Gasteiger partial charge in [-0.1, -0.05) is 30.3 Å². The molecule has 3 aromatic rings. The van der Waals surface area contributed by atoms with Crippen LogP contribution in [0.2, 0.25) is 0 Å². The second kappa shape index (κ2) is 10.1. The molecule has 35 heavy (non-hydrogen) atoms. The first-order chi connectivity index (χ1) is 17.0. The molecule has 0 radical (unpaired) electrons. The number of amides is 1. The predicted molar refractivity (Wildman–Crippen MR) is 132 cm³/mol. The Morgan fingerprint density at radius 2 is 1.51 bits per heavy atom. The summed E-state index contributed by atoms with van der Waals surface area (Å²) in [4.78, 5) is 26.0. The molecule has 2 fully saturated rings. The van der Waals surface area contributed by atoms with E-state index in [9.17, 15) is 13.2 Å². The number of hydrogen-bond donors (Lipinski definition) is 0. The number of morpholine rings is 1. The molecule has 1 amide bonds. The first-order valence-corrected chi connectivity index (χ1v) is 13.1. The highest BCUT2D eigenvalue weighted by Crippen LogP contribution is 2.22. The summed E-state index contributed by atoms with van der Waals surface area (Å²) in [7, 11) is -3.58. The molecule has 1 aromatic heterocycles. The number of nitrogens with zero attached hydrogens (tertiary/aromatic N) is 5. The maximum Gasteiger partial charge on any atom is 0.253 e. The molecule has 0 unspecified atom stereocenters. The minimum Gasteiger partial charge on any atom is -0.379 e. The fourth-order valence-electron chi connectivity index (χ4n) is 4.31. The molecular weight excluding hydrogens is 466 g/mol. The summed E-state index contributed by atoms with van der Waals surface area (Å²) >= 11 is 0. The molecule has 9 nitrogen and oxygen atoms in total. The lowest BCUT2D eigenvalue weighted by atomic mass is 10.1. The highest BCUT2D eigenvalue weighted by atomic mass is 32.2. The molecule has 5 rings (SSSR count). The molecule has 2 aliphatic rings. The van der Waals surface area contributed by atoms with Crippen molar-refractivity contribution in [2.75, 3.05) is 57.4 Å². The van der Waals surface area contributed by atoms with Gasteiger partial charge in [0.1, 0.15) is 12.1 Å². The number of piperazine rings is 1. The van der Waals surface area contributed by atoms with Gasteiger partial charge in [-0.25, -0.2) is 18.4 Å². The lowest BCUT2D eigenvalue weighted by molar-refractivity contribution is 0.0730. The minimum absolute atomic E-state index is 0.104. The van der Waals surface area contributed by atoms with Crippen LogP contribution in [0, 0.1) is 0 Å². The van der Waals surface area contributed by atoms with E-state index in [1.165, 1.54) is 16.4 Å². The molecule has 0 saturated carbocycles. The van der Waals surface area contributed by atoms with Gasteiger partial charge in [-0.2, -0.15) is 4.31 Å². The van der Waals surface area contributed by atoms with Crippen LogP contribution in [-0.4, -0.2) is 86.0 Å². The number of sulfonamides is 1. The molecule has 2 saturated heterocycles. The summed E-state index contributed by atoms with van der Waals surface area (Å²) in [6, 6.07) is 18.1. The van der Waals surface area contributed by atoms with Crippen LogP contribution in [0.5, 0.6) is 0 Å². The van der Waals surface area contributed by atoms with Crippen molar-refractivity contribution >= 4 is 21.7 Å². The van der Waals surface area contributed by atoms with Gasteiger partial charge in [0, 0.05) is 56.5 Å². The summed E-state index contributed by atoms with van der Waals surface area (Å²) in [5.74, 6) is 0.733. The van der Waals surface area contributed by atoms with Gasteiger partial charge < -0.3 is 14.5 Å². The smallest absolute Gasteiger partial charge is 0.253 e. The molecule has 182 valence electrons. The Balaban J connectivity index is 1.22. The normalized spacial score (nSPS) is 17.4. The highest BCUT2D eigenvalue weighted by Gasteiger charge is 2.27. The molecular formula is C25H27N5O4S. The van der Waals surface area contributed by atoms with Crippen molar-refractivity contribution in [3.8, 4) is 11.3 Å². The summed E-state index contributed by atoms with van der Waals surface area (Å²) in [5, 5.41) is 0. The van der Waals surface area contributed by atoms with E-state index < -0.39 is 10.0 Å². The van der Waals surface area contributed by atoms with Crippen LogP contribution >= 0.6 is 0 Å². The molecule has 0 atom stereocenters. The van der Waals surface area contributed by atoms with Gasteiger partial charge in [-0.3, -0.25) is 4.79 Å². The Labute approximate surface area is 205 Å². The Morgan fingerprint density at radius 1 is 0.829 bits per heavy atom. The SMILES string of the molecule is O=C(c1ccc(S(=O)(=O)N2CCOCC2)cc1)N1CCN(c2cc(-c3ccccc3)ncn2)CC1.